The van der Waals surface area contributed by atoms with Crippen LogP contribution in [0.1, 0.15) is 26.3 Å². The number of halogens is 1. The molecular formula is C27H32ClN3O7S2. The van der Waals surface area contributed by atoms with Crippen LogP contribution >= 0.6 is 23.4 Å². The van der Waals surface area contributed by atoms with Gasteiger partial charge < -0.3 is 24.4 Å². The van der Waals surface area contributed by atoms with Crippen molar-refractivity contribution in [1.82, 2.24) is 5.32 Å². The second-order valence-electron chi connectivity index (χ2n) is 10.5. The third kappa shape index (κ3) is 7.02. The molecule has 216 valence electrons. The Morgan fingerprint density at radius 3 is 2.42 bits per heavy atom. The lowest BCUT2D eigenvalue weighted by molar-refractivity contribution is -0.119. The number of alkyl carbamates (subject to hydrolysis) is 1. The molecule has 0 spiro atoms. The van der Waals surface area contributed by atoms with Crippen molar-refractivity contribution >= 4 is 56.1 Å². The van der Waals surface area contributed by atoms with Crippen LogP contribution in [0.4, 0.5) is 10.5 Å². The highest BCUT2D eigenvalue weighted by molar-refractivity contribution is 8.16. The third-order valence-corrected chi connectivity index (χ3v) is 9.76. The molecule has 0 radical (unpaired) electrons. The second-order valence-corrected chi connectivity index (χ2v) is 14.2. The molecule has 2 saturated heterocycles. The minimum absolute atomic E-state index is 0.0537. The summed E-state index contributed by atoms with van der Waals surface area (Å²) in [5, 5.41) is 2.88. The van der Waals surface area contributed by atoms with E-state index in [4.69, 9.17) is 25.8 Å². The topological polar surface area (TPSA) is 124 Å². The summed E-state index contributed by atoms with van der Waals surface area (Å²) in [5.74, 6) is -0.0251. The lowest BCUT2D eigenvalue weighted by Gasteiger charge is -2.27. The van der Waals surface area contributed by atoms with E-state index in [1.165, 1.54) is 26.0 Å². The number of hydrogen-bond donors (Lipinski definition) is 1. The fourth-order valence-corrected chi connectivity index (χ4v) is 8.70. The van der Waals surface area contributed by atoms with Gasteiger partial charge in [-0.2, -0.15) is 4.99 Å². The molecule has 3 atom stereocenters. The predicted octanol–water partition coefficient (Wildman–Crippen LogP) is 4.09. The number of benzene rings is 2. The van der Waals surface area contributed by atoms with Crippen molar-refractivity contribution in [2.24, 2.45) is 4.99 Å². The van der Waals surface area contributed by atoms with Gasteiger partial charge in [0.2, 0.25) is 0 Å². The molecule has 10 nitrogen and oxygen atoms in total. The van der Waals surface area contributed by atoms with Crippen LogP contribution in [0.5, 0.6) is 11.5 Å². The Balaban J connectivity index is 1.73. The van der Waals surface area contributed by atoms with Gasteiger partial charge in [0.05, 0.1) is 42.5 Å². The molecule has 2 aromatic carbocycles. The van der Waals surface area contributed by atoms with Crippen LogP contribution in [0, 0.1) is 0 Å². The molecule has 0 aliphatic carbocycles. The Kier molecular flexibility index (Phi) is 8.91. The zero-order chi connectivity index (χ0) is 29.2. The van der Waals surface area contributed by atoms with Gasteiger partial charge in [-0.25, -0.2) is 13.2 Å². The lowest BCUT2D eigenvalue weighted by atomic mass is 10.1. The first kappa shape index (κ1) is 30.0. The summed E-state index contributed by atoms with van der Waals surface area (Å²) < 4.78 is 41.3. The van der Waals surface area contributed by atoms with E-state index in [1.807, 2.05) is 30.3 Å². The van der Waals surface area contributed by atoms with E-state index >= 15 is 0 Å². The van der Waals surface area contributed by atoms with Crippen LogP contribution in [-0.2, 0) is 25.8 Å². The van der Waals surface area contributed by atoms with Crippen molar-refractivity contribution in [3.8, 4) is 11.5 Å². The van der Waals surface area contributed by atoms with Gasteiger partial charge in [0.15, 0.2) is 15.0 Å². The summed E-state index contributed by atoms with van der Waals surface area (Å²) in [6, 6.07) is 10.9. The third-order valence-electron chi connectivity index (χ3n) is 6.26. The zero-order valence-electron chi connectivity index (χ0n) is 22.8. The number of ether oxygens (including phenoxy) is 3. The van der Waals surface area contributed by atoms with Gasteiger partial charge in [0, 0.05) is 17.7 Å². The number of aliphatic imine (C=N–C) groups is 1. The number of amides is 2. The van der Waals surface area contributed by atoms with Crippen molar-refractivity contribution < 1.29 is 32.2 Å². The fraction of sp³-hybridized carbons (Fsp3) is 0.444. The molecule has 0 saturated carbocycles. The van der Waals surface area contributed by atoms with Crippen LogP contribution < -0.4 is 19.7 Å². The Labute approximate surface area is 243 Å². The number of carbonyl (C=O) groups is 2. The molecule has 0 bridgehead atoms. The van der Waals surface area contributed by atoms with Crippen molar-refractivity contribution in [1.29, 1.82) is 0 Å². The van der Waals surface area contributed by atoms with Gasteiger partial charge in [-0.15, -0.1) is 0 Å². The first-order valence-corrected chi connectivity index (χ1v) is 15.6. The predicted molar refractivity (Wildman–Crippen MR) is 157 cm³/mol. The highest BCUT2D eigenvalue weighted by Gasteiger charge is 2.50. The minimum Gasteiger partial charge on any atom is -0.495 e. The van der Waals surface area contributed by atoms with Crippen molar-refractivity contribution in [2.75, 3.05) is 30.6 Å². The van der Waals surface area contributed by atoms with Crippen LogP contribution in [0.15, 0.2) is 47.5 Å². The number of hydrogen-bond acceptors (Lipinski definition) is 8. The second kappa shape index (κ2) is 11.9. The van der Waals surface area contributed by atoms with Crippen LogP contribution in [0.2, 0.25) is 5.02 Å². The summed E-state index contributed by atoms with van der Waals surface area (Å²) in [4.78, 5) is 32.4. The molecular weight excluding hydrogens is 578 g/mol. The van der Waals surface area contributed by atoms with Gasteiger partial charge in [-0.1, -0.05) is 53.7 Å². The number of rotatable bonds is 7. The van der Waals surface area contributed by atoms with E-state index in [0.29, 0.717) is 22.4 Å². The van der Waals surface area contributed by atoms with Crippen molar-refractivity contribution in [3.05, 3.63) is 53.1 Å². The number of nitrogens with one attached hydrogen (secondary N) is 1. The fourth-order valence-electron chi connectivity index (χ4n) is 4.55. The Morgan fingerprint density at radius 1 is 1.12 bits per heavy atom. The Morgan fingerprint density at radius 2 is 1.80 bits per heavy atom. The summed E-state index contributed by atoms with van der Waals surface area (Å²) in [6.45, 7) is 5.19. The molecule has 4 rings (SSSR count). The first-order chi connectivity index (χ1) is 18.8. The summed E-state index contributed by atoms with van der Waals surface area (Å²) in [6.07, 6.45) is -0.566. The molecule has 40 heavy (non-hydrogen) atoms. The molecule has 2 aromatic rings. The quantitative estimate of drug-likeness (QED) is 0.494. The smallest absolute Gasteiger partial charge is 0.408 e. The molecule has 13 heteroatoms. The lowest BCUT2D eigenvalue weighted by Crippen LogP contribution is -2.45. The van der Waals surface area contributed by atoms with E-state index in [9.17, 15) is 18.0 Å². The molecule has 2 amide bonds. The number of amidine groups is 1. The van der Waals surface area contributed by atoms with Crippen LogP contribution in [0.3, 0.4) is 0 Å². The minimum atomic E-state index is -3.31. The highest BCUT2D eigenvalue weighted by atomic mass is 35.5. The van der Waals surface area contributed by atoms with E-state index in [2.05, 4.69) is 10.3 Å². The summed E-state index contributed by atoms with van der Waals surface area (Å²) in [7, 11) is -0.359. The standard InChI is InChI=1S/C27H32ClN3O7S2/c1-27(2,3)38-26(33)29-18(11-16-9-7-6-8-10-16)24(32)30-25-31(20-14-40(34,35)15-23(20)39-25)19-12-17(28)21(36-4)13-22(19)37-5/h6-10,12-13,18,20,23H,11,14-15H2,1-5H3,(H,29,33)/t18-,20-,23+/m1/s1. The number of anilines is 1. The van der Waals surface area contributed by atoms with Crippen molar-refractivity contribution in [3.63, 3.8) is 0 Å². The maximum atomic E-state index is 13.7. The Bertz CT molecular complexity index is 1410. The molecule has 1 N–H and O–H groups in total. The number of carbonyl (C=O) groups excluding carboxylic acids is 2. The van der Waals surface area contributed by atoms with Crippen molar-refractivity contribution in [2.45, 2.75) is 50.1 Å². The molecule has 0 aromatic heterocycles. The van der Waals surface area contributed by atoms with Gasteiger partial charge in [0.1, 0.15) is 23.1 Å². The number of sulfone groups is 1. The summed E-state index contributed by atoms with van der Waals surface area (Å²) >= 11 is 7.64. The Hall–Kier alpha value is -2.96. The van der Waals surface area contributed by atoms with E-state index < -0.39 is 39.5 Å². The number of methoxy groups -OCH3 is 2. The normalized spacial score (nSPS) is 21.6. The summed E-state index contributed by atoms with van der Waals surface area (Å²) in [5.41, 5.74) is 0.512. The zero-order valence-corrected chi connectivity index (χ0v) is 25.2. The SMILES string of the molecule is COc1cc(OC)c(N2C(=NC(=O)[C@@H](Cc3ccccc3)NC(=O)OC(C)(C)C)S[C@H]3CS(=O)(=O)C[C@H]32)cc1Cl. The molecule has 2 heterocycles. The van der Waals surface area contributed by atoms with E-state index in [0.717, 1.165) is 5.56 Å². The molecule has 0 unspecified atom stereocenters. The van der Waals surface area contributed by atoms with E-state index in [1.54, 1.807) is 37.8 Å². The maximum Gasteiger partial charge on any atom is 0.408 e. The van der Waals surface area contributed by atoms with Gasteiger partial charge in [-0.3, -0.25) is 4.79 Å². The van der Waals surface area contributed by atoms with Gasteiger partial charge >= 0.3 is 6.09 Å². The van der Waals surface area contributed by atoms with Crippen LogP contribution in [-0.4, -0.2) is 74.2 Å². The number of fused-ring (bicyclic) bond motifs is 1. The average molecular weight is 610 g/mol. The number of thioether (sulfide) groups is 1. The maximum absolute atomic E-state index is 13.7. The van der Waals surface area contributed by atoms with E-state index in [-0.39, 0.29) is 28.2 Å². The highest BCUT2D eigenvalue weighted by Crippen LogP contribution is 2.46. The monoisotopic (exact) mass is 609 g/mol. The van der Waals surface area contributed by atoms with Crippen LogP contribution in [0.25, 0.3) is 0 Å². The molecule has 2 fully saturated rings. The van der Waals surface area contributed by atoms with Gasteiger partial charge in [0.25, 0.3) is 5.91 Å². The number of nitrogens with zero attached hydrogens (tertiary/aromatic N) is 2. The average Bonchev–Trinajstić information content (AvgIpc) is 3.33. The largest absolute Gasteiger partial charge is 0.495 e. The molecule has 2 aliphatic heterocycles. The van der Waals surface area contributed by atoms with Gasteiger partial charge in [-0.05, 0) is 32.4 Å². The molecule has 2 aliphatic rings. The first-order valence-electron chi connectivity index (χ1n) is 12.5.